The van der Waals surface area contributed by atoms with Gasteiger partial charge in [-0.3, -0.25) is 4.99 Å². The summed E-state index contributed by atoms with van der Waals surface area (Å²) in [6.45, 7) is 9.97. The van der Waals surface area contributed by atoms with Crippen molar-refractivity contribution in [1.82, 2.24) is 10.2 Å². The number of likely N-dealkylation sites (N-methyl/N-ethyl adjacent to an activating group) is 1. The Labute approximate surface area is 146 Å². The van der Waals surface area contributed by atoms with Crippen molar-refractivity contribution in [2.24, 2.45) is 10.9 Å². The summed E-state index contributed by atoms with van der Waals surface area (Å²) in [5.41, 5.74) is 2.63. The molecule has 1 heterocycles. The molecule has 1 unspecified atom stereocenters. The number of aryl methyl sites for hydroxylation is 1. The van der Waals surface area contributed by atoms with Gasteiger partial charge in [0.05, 0.1) is 6.61 Å². The zero-order valence-corrected chi connectivity index (χ0v) is 15.6. The number of nitrogens with one attached hydrogen (secondary N) is 1. The van der Waals surface area contributed by atoms with Crippen LogP contribution in [0.15, 0.2) is 29.3 Å². The lowest BCUT2D eigenvalue weighted by Gasteiger charge is -2.28. The molecule has 0 aromatic heterocycles. The van der Waals surface area contributed by atoms with Gasteiger partial charge in [-0.25, -0.2) is 0 Å². The molecule has 0 saturated carbocycles. The number of para-hydroxylation sites is 1. The zero-order valence-electron chi connectivity index (χ0n) is 15.6. The molecule has 1 aliphatic heterocycles. The monoisotopic (exact) mass is 332 g/mol. The molecule has 1 atom stereocenters. The highest BCUT2D eigenvalue weighted by Crippen LogP contribution is 2.18. The molecular formula is C19H32N4O. The Bertz CT molecular complexity index is 526. The number of nitrogens with zero attached hydrogens (tertiary/aromatic N) is 3. The summed E-state index contributed by atoms with van der Waals surface area (Å²) in [4.78, 5) is 9.03. The van der Waals surface area contributed by atoms with E-state index in [1.165, 1.54) is 11.3 Å². The summed E-state index contributed by atoms with van der Waals surface area (Å²) in [6, 6.07) is 8.56. The molecule has 1 aliphatic rings. The van der Waals surface area contributed by atoms with Gasteiger partial charge in [0.1, 0.15) is 0 Å². The van der Waals surface area contributed by atoms with E-state index in [1.807, 2.05) is 7.05 Å². The van der Waals surface area contributed by atoms with Crippen LogP contribution in [0.4, 0.5) is 5.69 Å². The topological polar surface area (TPSA) is 40.1 Å². The Morgan fingerprint density at radius 3 is 2.79 bits per heavy atom. The maximum absolute atomic E-state index is 5.47. The molecule has 0 radical (unpaired) electrons. The van der Waals surface area contributed by atoms with Gasteiger partial charge in [-0.05, 0) is 31.9 Å². The maximum Gasteiger partial charge on any atom is 0.193 e. The highest BCUT2D eigenvalue weighted by atomic mass is 16.5. The van der Waals surface area contributed by atoms with Gasteiger partial charge < -0.3 is 19.9 Å². The molecule has 0 aliphatic carbocycles. The van der Waals surface area contributed by atoms with E-state index in [0.29, 0.717) is 5.92 Å². The lowest BCUT2D eigenvalue weighted by atomic mass is 10.1. The molecule has 134 valence electrons. The molecule has 5 heteroatoms. The molecule has 0 spiro atoms. The first-order valence-electron chi connectivity index (χ1n) is 8.95. The van der Waals surface area contributed by atoms with Crippen LogP contribution in [0, 0.1) is 12.8 Å². The Hall–Kier alpha value is -1.75. The lowest BCUT2D eigenvalue weighted by molar-refractivity contribution is 0.181. The second kappa shape index (κ2) is 9.52. The number of benzene rings is 1. The van der Waals surface area contributed by atoms with E-state index < -0.39 is 0 Å². The van der Waals surface area contributed by atoms with E-state index in [4.69, 9.17) is 4.74 Å². The van der Waals surface area contributed by atoms with Gasteiger partial charge in [0.15, 0.2) is 5.96 Å². The van der Waals surface area contributed by atoms with Gasteiger partial charge in [-0.1, -0.05) is 18.2 Å². The van der Waals surface area contributed by atoms with Gasteiger partial charge in [-0.15, -0.1) is 0 Å². The van der Waals surface area contributed by atoms with Crippen molar-refractivity contribution in [2.45, 2.75) is 20.3 Å². The average molecular weight is 332 g/mol. The van der Waals surface area contributed by atoms with Crippen molar-refractivity contribution in [2.75, 3.05) is 58.4 Å². The van der Waals surface area contributed by atoms with Crippen molar-refractivity contribution in [3.8, 4) is 0 Å². The van der Waals surface area contributed by atoms with Gasteiger partial charge in [0, 0.05) is 58.5 Å². The van der Waals surface area contributed by atoms with E-state index in [2.05, 4.69) is 65.3 Å². The molecule has 0 bridgehead atoms. The van der Waals surface area contributed by atoms with E-state index in [9.17, 15) is 0 Å². The van der Waals surface area contributed by atoms with Crippen LogP contribution in [-0.4, -0.2) is 64.3 Å². The highest BCUT2D eigenvalue weighted by Gasteiger charge is 2.19. The van der Waals surface area contributed by atoms with Gasteiger partial charge >= 0.3 is 0 Å². The average Bonchev–Trinajstić information content (AvgIpc) is 3.09. The summed E-state index contributed by atoms with van der Waals surface area (Å²) in [5.74, 6) is 1.58. The summed E-state index contributed by atoms with van der Waals surface area (Å²) < 4.78 is 5.47. The zero-order chi connectivity index (χ0) is 17.4. The smallest absolute Gasteiger partial charge is 0.193 e. The van der Waals surface area contributed by atoms with Gasteiger partial charge in [-0.2, -0.15) is 0 Å². The van der Waals surface area contributed by atoms with Crippen molar-refractivity contribution in [1.29, 1.82) is 0 Å². The lowest BCUT2D eigenvalue weighted by Crippen LogP contribution is -2.44. The molecule has 24 heavy (non-hydrogen) atoms. The fraction of sp³-hybridized carbons (Fsp3) is 0.632. The largest absolute Gasteiger partial charge is 0.381 e. The quantitative estimate of drug-likeness (QED) is 0.615. The Morgan fingerprint density at radius 2 is 2.17 bits per heavy atom. The maximum atomic E-state index is 5.47. The summed E-state index contributed by atoms with van der Waals surface area (Å²) in [7, 11) is 3.95. The molecule has 1 aromatic rings. The van der Waals surface area contributed by atoms with Crippen molar-refractivity contribution >= 4 is 11.6 Å². The fourth-order valence-corrected chi connectivity index (χ4v) is 3.26. The van der Waals surface area contributed by atoms with Crippen LogP contribution in [-0.2, 0) is 4.74 Å². The molecule has 1 saturated heterocycles. The van der Waals surface area contributed by atoms with E-state index >= 15 is 0 Å². The number of guanidine groups is 1. The second-order valence-electron chi connectivity index (χ2n) is 6.45. The molecule has 1 aromatic carbocycles. The number of rotatable bonds is 7. The number of hydrogen-bond donors (Lipinski definition) is 1. The number of aliphatic imine (C=N–C) groups is 1. The third kappa shape index (κ3) is 5.13. The first-order chi connectivity index (χ1) is 11.7. The number of ether oxygens (including phenoxy) is 1. The minimum absolute atomic E-state index is 0.618. The van der Waals surface area contributed by atoms with E-state index in [1.54, 1.807) is 0 Å². The van der Waals surface area contributed by atoms with Crippen LogP contribution in [0.3, 0.4) is 0 Å². The SMILES string of the molecule is CCN(CCNC(=NC)N(C)CC1CCOC1)c1ccccc1C. The Kier molecular flexibility index (Phi) is 7.37. The fourth-order valence-electron chi connectivity index (χ4n) is 3.26. The van der Waals surface area contributed by atoms with Crippen LogP contribution < -0.4 is 10.2 Å². The molecule has 5 nitrogen and oxygen atoms in total. The van der Waals surface area contributed by atoms with Crippen molar-refractivity contribution in [3.63, 3.8) is 0 Å². The van der Waals surface area contributed by atoms with Crippen LogP contribution in [0.2, 0.25) is 0 Å². The van der Waals surface area contributed by atoms with E-state index in [-0.39, 0.29) is 0 Å². The number of hydrogen-bond acceptors (Lipinski definition) is 3. The molecule has 1 N–H and O–H groups in total. The third-order valence-corrected chi connectivity index (χ3v) is 4.63. The third-order valence-electron chi connectivity index (χ3n) is 4.63. The normalized spacial score (nSPS) is 17.8. The van der Waals surface area contributed by atoms with Gasteiger partial charge in [0.25, 0.3) is 0 Å². The highest BCUT2D eigenvalue weighted by molar-refractivity contribution is 5.79. The van der Waals surface area contributed by atoms with Crippen molar-refractivity contribution < 1.29 is 4.74 Å². The van der Waals surface area contributed by atoms with Crippen molar-refractivity contribution in [3.05, 3.63) is 29.8 Å². The second-order valence-corrected chi connectivity index (χ2v) is 6.45. The predicted octanol–water partition coefficient (Wildman–Crippen LogP) is 2.37. The van der Waals surface area contributed by atoms with Crippen LogP contribution in [0.5, 0.6) is 0 Å². The number of anilines is 1. The standard InChI is InChI=1S/C19H32N4O/c1-5-23(18-9-7-6-8-16(18)2)12-11-21-19(20-3)22(4)14-17-10-13-24-15-17/h6-9,17H,5,10-15H2,1-4H3,(H,20,21). The Balaban J connectivity index is 1.82. The van der Waals surface area contributed by atoms with Gasteiger partial charge in [0.2, 0.25) is 0 Å². The summed E-state index contributed by atoms with van der Waals surface area (Å²) in [6.07, 6.45) is 1.15. The molecule has 2 rings (SSSR count). The minimum atomic E-state index is 0.618. The molecule has 0 amide bonds. The van der Waals surface area contributed by atoms with Crippen LogP contribution in [0.25, 0.3) is 0 Å². The predicted molar refractivity (Wildman–Crippen MR) is 102 cm³/mol. The summed E-state index contributed by atoms with van der Waals surface area (Å²) >= 11 is 0. The summed E-state index contributed by atoms with van der Waals surface area (Å²) in [5, 5.41) is 3.49. The molecular weight excluding hydrogens is 300 g/mol. The van der Waals surface area contributed by atoms with E-state index in [0.717, 1.165) is 51.8 Å². The first-order valence-corrected chi connectivity index (χ1v) is 8.95. The minimum Gasteiger partial charge on any atom is -0.381 e. The van der Waals surface area contributed by atoms with Crippen LogP contribution in [0.1, 0.15) is 18.9 Å². The first kappa shape index (κ1) is 18.6. The van der Waals surface area contributed by atoms with Crippen LogP contribution >= 0.6 is 0 Å². The molecule has 1 fully saturated rings. The Morgan fingerprint density at radius 1 is 1.38 bits per heavy atom.